The number of hydrogen-bond donors (Lipinski definition) is 2. The molecule has 3 rings (SSSR count). The zero-order valence-electron chi connectivity index (χ0n) is 12.2. The Labute approximate surface area is 125 Å². The van der Waals surface area contributed by atoms with E-state index in [9.17, 15) is 8.42 Å². The van der Waals surface area contributed by atoms with Crippen LogP contribution in [0.25, 0.3) is 10.9 Å². The summed E-state index contributed by atoms with van der Waals surface area (Å²) in [4.78, 5) is 5.43. The lowest BCUT2D eigenvalue weighted by Crippen LogP contribution is -2.36. The van der Waals surface area contributed by atoms with Gasteiger partial charge in [0.05, 0.1) is 5.25 Å². The van der Waals surface area contributed by atoms with Gasteiger partial charge in [0.15, 0.2) is 0 Å². The lowest BCUT2D eigenvalue weighted by atomic mass is 10.1. The molecule has 1 aromatic heterocycles. The van der Waals surface area contributed by atoms with Crippen LogP contribution in [0.5, 0.6) is 0 Å². The third kappa shape index (κ3) is 2.97. The SMILES string of the molecule is CCNS(=O)(=O)[C@H]1CCN(Cc2cccc3[nH]ccc23)C1. The topological polar surface area (TPSA) is 65.2 Å². The van der Waals surface area contributed by atoms with Crippen LogP contribution in [-0.2, 0) is 16.6 Å². The zero-order valence-corrected chi connectivity index (χ0v) is 13.0. The molecule has 1 aromatic carbocycles. The summed E-state index contributed by atoms with van der Waals surface area (Å²) in [5, 5.41) is 0.929. The summed E-state index contributed by atoms with van der Waals surface area (Å²) in [5.74, 6) is 0. The van der Waals surface area contributed by atoms with Crippen LogP contribution in [0.4, 0.5) is 0 Å². The molecular formula is C15H21N3O2S. The number of aromatic amines is 1. The molecule has 1 atom stereocenters. The second-order valence-electron chi connectivity index (χ2n) is 5.54. The van der Waals surface area contributed by atoms with Crippen LogP contribution in [0.2, 0.25) is 0 Å². The monoisotopic (exact) mass is 307 g/mol. The molecule has 0 radical (unpaired) electrons. The molecule has 0 bridgehead atoms. The van der Waals surface area contributed by atoms with Gasteiger partial charge < -0.3 is 4.98 Å². The van der Waals surface area contributed by atoms with Gasteiger partial charge in [0.25, 0.3) is 0 Å². The van der Waals surface area contributed by atoms with Gasteiger partial charge in [-0.2, -0.15) is 0 Å². The van der Waals surface area contributed by atoms with Crippen LogP contribution in [-0.4, -0.2) is 43.2 Å². The van der Waals surface area contributed by atoms with Crippen molar-refractivity contribution < 1.29 is 8.42 Å². The van der Waals surface area contributed by atoms with E-state index in [1.807, 2.05) is 19.2 Å². The van der Waals surface area contributed by atoms with E-state index in [4.69, 9.17) is 0 Å². The van der Waals surface area contributed by atoms with Crippen molar-refractivity contribution >= 4 is 20.9 Å². The van der Waals surface area contributed by atoms with E-state index in [-0.39, 0.29) is 5.25 Å². The van der Waals surface area contributed by atoms with Crippen molar-refractivity contribution in [3.8, 4) is 0 Å². The second-order valence-corrected chi connectivity index (χ2v) is 7.59. The quantitative estimate of drug-likeness (QED) is 0.883. The fraction of sp³-hybridized carbons (Fsp3) is 0.467. The standard InChI is InChI=1S/C15H21N3O2S/c1-2-17-21(19,20)13-7-9-18(11-13)10-12-4-3-5-15-14(12)6-8-16-15/h3-6,8,13,16-17H,2,7,9-11H2,1H3/t13-/m0/s1. The first kappa shape index (κ1) is 14.6. The highest BCUT2D eigenvalue weighted by Gasteiger charge is 2.32. The van der Waals surface area contributed by atoms with E-state index in [0.717, 1.165) is 18.6 Å². The fourth-order valence-corrected chi connectivity index (χ4v) is 4.50. The predicted octanol–water partition coefficient (Wildman–Crippen LogP) is 1.68. The molecule has 2 N–H and O–H groups in total. The van der Waals surface area contributed by atoms with Crippen molar-refractivity contribution in [2.75, 3.05) is 19.6 Å². The van der Waals surface area contributed by atoms with E-state index in [1.54, 1.807) is 0 Å². The first-order valence-corrected chi connectivity index (χ1v) is 8.90. The highest BCUT2D eigenvalue weighted by atomic mass is 32.2. The molecule has 0 amide bonds. The summed E-state index contributed by atoms with van der Waals surface area (Å²) >= 11 is 0. The number of nitrogens with one attached hydrogen (secondary N) is 2. The summed E-state index contributed by atoms with van der Waals surface area (Å²) in [6.07, 6.45) is 2.65. The molecule has 114 valence electrons. The van der Waals surface area contributed by atoms with E-state index in [1.165, 1.54) is 10.9 Å². The molecule has 0 unspecified atom stereocenters. The van der Waals surface area contributed by atoms with Gasteiger partial charge in [0.1, 0.15) is 0 Å². The van der Waals surface area contributed by atoms with Gasteiger partial charge in [0, 0.05) is 36.7 Å². The number of likely N-dealkylation sites (tertiary alicyclic amines) is 1. The van der Waals surface area contributed by atoms with Crippen LogP contribution in [0.1, 0.15) is 18.9 Å². The van der Waals surface area contributed by atoms with E-state index >= 15 is 0 Å². The van der Waals surface area contributed by atoms with Crippen molar-refractivity contribution in [3.05, 3.63) is 36.0 Å². The molecule has 6 heteroatoms. The lowest BCUT2D eigenvalue weighted by molar-refractivity contribution is 0.332. The third-order valence-electron chi connectivity index (χ3n) is 4.09. The molecule has 1 aliphatic heterocycles. The van der Waals surface area contributed by atoms with Crippen molar-refractivity contribution in [3.63, 3.8) is 0 Å². The molecule has 2 aromatic rings. The number of H-pyrrole nitrogens is 1. The number of rotatable bonds is 5. The summed E-state index contributed by atoms with van der Waals surface area (Å²) < 4.78 is 26.7. The number of hydrogen-bond acceptors (Lipinski definition) is 3. The average Bonchev–Trinajstić information content (AvgIpc) is 3.07. The van der Waals surface area contributed by atoms with Crippen LogP contribution in [0.15, 0.2) is 30.5 Å². The smallest absolute Gasteiger partial charge is 0.215 e. The Balaban J connectivity index is 1.72. The minimum absolute atomic E-state index is 0.289. The molecular weight excluding hydrogens is 286 g/mol. The van der Waals surface area contributed by atoms with Crippen LogP contribution < -0.4 is 4.72 Å². The fourth-order valence-electron chi connectivity index (χ4n) is 3.04. The lowest BCUT2D eigenvalue weighted by Gasteiger charge is -2.17. The Morgan fingerprint density at radius 3 is 3.05 bits per heavy atom. The van der Waals surface area contributed by atoms with E-state index < -0.39 is 10.0 Å². The van der Waals surface area contributed by atoms with Crippen LogP contribution in [0, 0.1) is 0 Å². The van der Waals surface area contributed by atoms with Crippen LogP contribution >= 0.6 is 0 Å². The van der Waals surface area contributed by atoms with E-state index in [0.29, 0.717) is 19.5 Å². The summed E-state index contributed by atoms with van der Waals surface area (Å²) in [6.45, 7) is 4.51. The number of fused-ring (bicyclic) bond motifs is 1. The maximum atomic E-state index is 12.1. The van der Waals surface area contributed by atoms with Gasteiger partial charge in [-0.15, -0.1) is 0 Å². The van der Waals surface area contributed by atoms with Gasteiger partial charge in [-0.05, 0) is 30.7 Å². The van der Waals surface area contributed by atoms with Crippen molar-refractivity contribution in [1.29, 1.82) is 0 Å². The minimum atomic E-state index is -3.16. The molecule has 5 nitrogen and oxygen atoms in total. The Morgan fingerprint density at radius 2 is 2.24 bits per heavy atom. The first-order chi connectivity index (χ1) is 10.1. The molecule has 21 heavy (non-hydrogen) atoms. The number of benzene rings is 1. The van der Waals surface area contributed by atoms with Crippen LogP contribution in [0.3, 0.4) is 0 Å². The summed E-state index contributed by atoms with van der Waals surface area (Å²) in [7, 11) is -3.16. The Kier molecular flexibility index (Phi) is 4.01. The average molecular weight is 307 g/mol. The van der Waals surface area contributed by atoms with Crippen molar-refractivity contribution in [2.45, 2.75) is 25.1 Å². The second kappa shape index (κ2) is 5.79. The summed E-state index contributed by atoms with van der Waals surface area (Å²) in [6, 6.07) is 8.29. The van der Waals surface area contributed by atoms with Gasteiger partial charge >= 0.3 is 0 Å². The van der Waals surface area contributed by atoms with Crippen molar-refractivity contribution in [2.24, 2.45) is 0 Å². The number of aromatic nitrogens is 1. The molecule has 0 saturated carbocycles. The highest BCUT2D eigenvalue weighted by molar-refractivity contribution is 7.90. The third-order valence-corrected chi connectivity index (χ3v) is 6.05. The minimum Gasteiger partial charge on any atom is -0.361 e. The zero-order chi connectivity index (χ0) is 14.9. The van der Waals surface area contributed by atoms with Gasteiger partial charge in [-0.3, -0.25) is 4.90 Å². The molecule has 2 heterocycles. The summed E-state index contributed by atoms with van der Waals surface area (Å²) in [5.41, 5.74) is 2.37. The molecule has 1 fully saturated rings. The van der Waals surface area contributed by atoms with Crippen molar-refractivity contribution in [1.82, 2.24) is 14.6 Å². The Hall–Kier alpha value is -1.37. The number of sulfonamides is 1. The maximum Gasteiger partial charge on any atom is 0.215 e. The van der Waals surface area contributed by atoms with E-state index in [2.05, 4.69) is 32.8 Å². The normalized spacial score (nSPS) is 20.3. The molecule has 0 spiro atoms. The maximum absolute atomic E-state index is 12.1. The molecule has 1 aliphatic rings. The highest BCUT2D eigenvalue weighted by Crippen LogP contribution is 2.23. The first-order valence-electron chi connectivity index (χ1n) is 7.36. The largest absolute Gasteiger partial charge is 0.361 e. The van der Waals surface area contributed by atoms with Gasteiger partial charge in [-0.1, -0.05) is 19.1 Å². The molecule has 1 saturated heterocycles. The van der Waals surface area contributed by atoms with Gasteiger partial charge in [-0.25, -0.2) is 13.1 Å². The van der Waals surface area contributed by atoms with Gasteiger partial charge in [0.2, 0.25) is 10.0 Å². The Bertz CT molecular complexity index is 723. The number of nitrogens with zero attached hydrogens (tertiary/aromatic N) is 1. The predicted molar refractivity (Wildman–Crippen MR) is 84.6 cm³/mol. The molecule has 0 aliphatic carbocycles. The Morgan fingerprint density at radius 1 is 1.38 bits per heavy atom.